The molecule has 0 saturated heterocycles. The summed E-state index contributed by atoms with van der Waals surface area (Å²) in [5, 5.41) is 3.03. The van der Waals surface area contributed by atoms with Gasteiger partial charge in [0.05, 0.1) is 0 Å². The molecule has 0 spiro atoms. The van der Waals surface area contributed by atoms with Gasteiger partial charge in [0.15, 0.2) is 0 Å². The van der Waals surface area contributed by atoms with Gasteiger partial charge in [-0.2, -0.15) is 0 Å². The standard InChI is InChI=1S/C7H9N.2C2H8N2.5B/c1-8-7-5-3-2-4-6-7;2*3-1-2-4;;;;;/h2-6,8H,1H3;2*1-4H2;;;;;. The smallest absolute Gasteiger partial charge is 0.0337 e. The maximum Gasteiger partial charge on any atom is 0.0337 e. The van der Waals surface area contributed by atoms with Gasteiger partial charge in [-0.1, -0.05) is 18.2 Å². The first kappa shape index (κ1) is 42.7. The van der Waals surface area contributed by atoms with Crippen LogP contribution in [0.5, 0.6) is 0 Å². The minimum atomic E-state index is 0. The first-order valence-electron chi connectivity index (χ1n) is 5.29. The van der Waals surface area contributed by atoms with E-state index >= 15 is 0 Å². The van der Waals surface area contributed by atoms with E-state index in [2.05, 4.69) is 5.32 Å². The molecule has 0 fully saturated rings. The number of nitrogens with one attached hydrogen (secondary N) is 1. The van der Waals surface area contributed by atoms with Crippen LogP contribution in [0.3, 0.4) is 0 Å². The van der Waals surface area contributed by atoms with Crippen LogP contribution in [0.1, 0.15) is 0 Å². The second-order valence-electron chi connectivity index (χ2n) is 2.77. The van der Waals surface area contributed by atoms with E-state index in [1.165, 1.54) is 0 Å². The summed E-state index contributed by atoms with van der Waals surface area (Å²) in [5.41, 5.74) is 20.8. The topological polar surface area (TPSA) is 116 Å². The maximum atomic E-state index is 4.90. The van der Waals surface area contributed by atoms with E-state index in [0.717, 1.165) is 5.69 Å². The van der Waals surface area contributed by atoms with Gasteiger partial charge >= 0.3 is 0 Å². The van der Waals surface area contributed by atoms with E-state index in [0.29, 0.717) is 26.2 Å². The number of rotatable bonds is 3. The van der Waals surface area contributed by atoms with Crippen molar-refractivity contribution in [2.45, 2.75) is 0 Å². The van der Waals surface area contributed by atoms with Gasteiger partial charge in [0.1, 0.15) is 0 Å². The molecule has 1 rings (SSSR count). The molecule has 15 radical (unpaired) electrons. The molecule has 0 saturated carbocycles. The average molecular weight is 281 g/mol. The fraction of sp³-hybridized carbons (Fsp3) is 0.455. The largest absolute Gasteiger partial charge is 0.388 e. The molecule has 21 heavy (non-hydrogen) atoms. The SMILES string of the molecule is CNc1ccccc1.NCCN.NCCN.[B].[B].[B].[B].[B]. The van der Waals surface area contributed by atoms with Gasteiger partial charge in [-0.3, -0.25) is 0 Å². The van der Waals surface area contributed by atoms with Crippen LogP contribution in [0.25, 0.3) is 0 Å². The fourth-order valence-corrected chi connectivity index (χ4v) is 0.605. The maximum absolute atomic E-state index is 4.90. The van der Waals surface area contributed by atoms with Crippen LogP contribution in [0, 0.1) is 0 Å². The van der Waals surface area contributed by atoms with E-state index in [1.54, 1.807) is 0 Å². The molecule has 5 nitrogen and oxygen atoms in total. The van der Waals surface area contributed by atoms with Crippen LogP contribution in [0.15, 0.2) is 30.3 Å². The lowest BCUT2D eigenvalue weighted by molar-refractivity contribution is 0.976. The highest BCUT2D eigenvalue weighted by atomic mass is 14.8. The van der Waals surface area contributed by atoms with Crippen molar-refractivity contribution in [3.63, 3.8) is 0 Å². The number of benzene rings is 1. The molecule has 0 heterocycles. The first-order chi connectivity index (χ1) is 7.76. The molecule has 0 aliphatic carbocycles. The van der Waals surface area contributed by atoms with E-state index in [-0.39, 0.29) is 42.1 Å². The van der Waals surface area contributed by atoms with E-state index < -0.39 is 0 Å². The highest BCUT2D eigenvalue weighted by molar-refractivity contribution is 5.76. The Labute approximate surface area is 140 Å². The van der Waals surface area contributed by atoms with E-state index in [1.807, 2.05) is 37.4 Å². The molecule has 0 aliphatic heterocycles. The van der Waals surface area contributed by atoms with Crippen molar-refractivity contribution in [3.05, 3.63) is 30.3 Å². The fourth-order valence-electron chi connectivity index (χ4n) is 0.605. The lowest BCUT2D eigenvalue weighted by Gasteiger charge is -1.94. The lowest BCUT2D eigenvalue weighted by Crippen LogP contribution is -2.11. The Morgan fingerprint density at radius 2 is 0.952 bits per heavy atom. The summed E-state index contributed by atoms with van der Waals surface area (Å²) in [4.78, 5) is 0. The number of para-hydroxylation sites is 1. The average Bonchev–Trinajstić information content (AvgIpc) is 2.40. The molecule has 0 amide bonds. The summed E-state index contributed by atoms with van der Waals surface area (Å²) < 4.78 is 0. The Hall–Kier alpha value is -0.815. The number of nitrogens with two attached hydrogens (primary N) is 4. The van der Waals surface area contributed by atoms with Gasteiger partial charge in [-0.25, -0.2) is 0 Å². The molecular weight excluding hydrogens is 256 g/mol. The molecular formula is C11H25B5N5. The minimum absolute atomic E-state index is 0. The zero-order valence-electron chi connectivity index (χ0n) is 12.9. The molecule has 0 aliphatic rings. The Kier molecular flexibility index (Phi) is 87.0. The zero-order chi connectivity index (χ0) is 12.6. The molecule has 9 N–H and O–H groups in total. The van der Waals surface area contributed by atoms with Crippen LogP contribution < -0.4 is 28.3 Å². The highest BCUT2D eigenvalue weighted by Gasteiger charge is 1.77. The normalized spacial score (nSPS) is 6.14. The van der Waals surface area contributed by atoms with Crippen molar-refractivity contribution in [2.24, 2.45) is 22.9 Å². The predicted octanol–water partition coefficient (Wildman–Crippen LogP) is -2.37. The molecule has 10 heteroatoms. The minimum Gasteiger partial charge on any atom is -0.388 e. The van der Waals surface area contributed by atoms with Crippen molar-refractivity contribution in [2.75, 3.05) is 38.5 Å². The van der Waals surface area contributed by atoms with Gasteiger partial charge < -0.3 is 28.3 Å². The summed E-state index contributed by atoms with van der Waals surface area (Å²) in [6.45, 7) is 2.39. The van der Waals surface area contributed by atoms with E-state index in [9.17, 15) is 0 Å². The molecule has 1 aromatic rings. The van der Waals surface area contributed by atoms with Gasteiger partial charge in [0.2, 0.25) is 0 Å². The van der Waals surface area contributed by atoms with Gasteiger partial charge in [0, 0.05) is 81.0 Å². The van der Waals surface area contributed by atoms with Crippen LogP contribution in [0.4, 0.5) is 5.69 Å². The van der Waals surface area contributed by atoms with Crippen molar-refractivity contribution < 1.29 is 0 Å². The zero-order valence-corrected chi connectivity index (χ0v) is 12.9. The Balaban J connectivity index is -0.0000000271. The summed E-state index contributed by atoms with van der Waals surface area (Å²) in [7, 11) is 1.91. The predicted molar refractivity (Wildman–Crippen MR) is 101 cm³/mol. The van der Waals surface area contributed by atoms with Crippen LogP contribution >= 0.6 is 0 Å². The van der Waals surface area contributed by atoms with E-state index in [4.69, 9.17) is 22.9 Å². The number of anilines is 1. The molecule has 1 aromatic carbocycles. The Bertz CT molecular complexity index is 211. The summed E-state index contributed by atoms with van der Waals surface area (Å²) in [6, 6.07) is 10.1. The number of hydrogen-bond donors (Lipinski definition) is 5. The van der Waals surface area contributed by atoms with Crippen LogP contribution in [0.2, 0.25) is 0 Å². The molecule has 0 atom stereocenters. The molecule has 0 bridgehead atoms. The summed E-state index contributed by atoms with van der Waals surface area (Å²) in [5.74, 6) is 0. The van der Waals surface area contributed by atoms with Crippen molar-refractivity contribution in [1.29, 1.82) is 0 Å². The third kappa shape index (κ3) is 45.3. The third-order valence-electron chi connectivity index (χ3n) is 1.40. The molecule has 109 valence electrons. The Morgan fingerprint density at radius 3 is 1.10 bits per heavy atom. The van der Waals surface area contributed by atoms with Gasteiger partial charge in [-0.05, 0) is 12.1 Å². The van der Waals surface area contributed by atoms with Crippen molar-refractivity contribution in [3.8, 4) is 0 Å². The lowest BCUT2D eigenvalue weighted by atomic mass is 10.3. The van der Waals surface area contributed by atoms with Crippen LogP contribution in [-0.4, -0.2) is 75.3 Å². The second kappa shape index (κ2) is 42.7. The Morgan fingerprint density at radius 1 is 0.667 bits per heavy atom. The van der Waals surface area contributed by atoms with Crippen molar-refractivity contribution >= 4 is 47.8 Å². The second-order valence-corrected chi connectivity index (χ2v) is 2.77. The summed E-state index contributed by atoms with van der Waals surface area (Å²) in [6.07, 6.45) is 0. The van der Waals surface area contributed by atoms with Gasteiger partial charge in [-0.15, -0.1) is 0 Å². The molecule has 0 unspecified atom stereocenters. The monoisotopic (exact) mass is 282 g/mol. The molecule has 0 aromatic heterocycles. The quantitative estimate of drug-likeness (QED) is 0.397. The van der Waals surface area contributed by atoms with Crippen LogP contribution in [-0.2, 0) is 0 Å². The summed E-state index contributed by atoms with van der Waals surface area (Å²) >= 11 is 0. The highest BCUT2D eigenvalue weighted by Crippen LogP contribution is 2.01. The first-order valence-corrected chi connectivity index (χ1v) is 5.29. The van der Waals surface area contributed by atoms with Gasteiger partial charge in [0.25, 0.3) is 0 Å². The number of hydrogen-bond acceptors (Lipinski definition) is 5. The van der Waals surface area contributed by atoms with Crippen molar-refractivity contribution in [1.82, 2.24) is 0 Å². The third-order valence-corrected chi connectivity index (χ3v) is 1.40.